The van der Waals surface area contributed by atoms with Crippen LogP contribution in [0.2, 0.25) is 0 Å². The van der Waals surface area contributed by atoms with Crippen molar-refractivity contribution in [1.29, 1.82) is 0 Å². The van der Waals surface area contributed by atoms with Crippen LogP contribution in [0.25, 0.3) is 0 Å². The van der Waals surface area contributed by atoms with Crippen LogP contribution in [0.5, 0.6) is 0 Å². The van der Waals surface area contributed by atoms with Crippen molar-refractivity contribution in [3.8, 4) is 0 Å². The van der Waals surface area contributed by atoms with Crippen LogP contribution in [0.15, 0.2) is 0 Å². The van der Waals surface area contributed by atoms with Crippen LogP contribution in [0, 0.1) is 17.8 Å². The van der Waals surface area contributed by atoms with Crippen molar-refractivity contribution in [1.82, 2.24) is 10.6 Å². The minimum absolute atomic E-state index is 0. The molecule has 2 atom stereocenters. The molecule has 0 aromatic rings. The molecular weight excluding hydrogens is 288 g/mol. The van der Waals surface area contributed by atoms with Gasteiger partial charge in [-0.15, -0.1) is 12.4 Å². The van der Waals surface area contributed by atoms with Crippen molar-refractivity contribution >= 4 is 18.3 Å². The number of nitrogens with one attached hydrogen (secondary N) is 2. The zero-order valence-electron chi connectivity index (χ0n) is 13.2. The fourth-order valence-corrected chi connectivity index (χ4v) is 3.35. The Morgan fingerprint density at radius 3 is 2.76 bits per heavy atom. The first-order chi connectivity index (χ1) is 9.75. The summed E-state index contributed by atoms with van der Waals surface area (Å²) < 4.78 is 5.35. The summed E-state index contributed by atoms with van der Waals surface area (Å²) in [5, 5.41) is 6.53. The molecule has 2 rings (SSSR count). The van der Waals surface area contributed by atoms with Gasteiger partial charge in [-0.2, -0.15) is 0 Å². The van der Waals surface area contributed by atoms with Gasteiger partial charge in [0.05, 0.1) is 0 Å². The second kappa shape index (κ2) is 10.4. The van der Waals surface area contributed by atoms with E-state index >= 15 is 0 Å². The normalized spacial score (nSPS) is 24.9. The van der Waals surface area contributed by atoms with E-state index in [4.69, 9.17) is 4.74 Å². The monoisotopic (exact) mass is 318 g/mol. The molecule has 2 heterocycles. The first kappa shape index (κ1) is 18.7. The summed E-state index contributed by atoms with van der Waals surface area (Å²) in [6.07, 6.45) is 6.61. The number of halogens is 1. The molecule has 0 radical (unpaired) electrons. The molecule has 0 bridgehead atoms. The standard InChI is InChI=1S/C16H30N2O2.ClH/c1-13(15-3-2-7-17-12-15)11-16(19)18-8-4-14-5-9-20-10-6-14;/h13-15,17H,2-12H2,1H3,(H,18,19);1H. The van der Waals surface area contributed by atoms with Crippen LogP contribution in [-0.4, -0.2) is 38.8 Å². The van der Waals surface area contributed by atoms with Crippen LogP contribution < -0.4 is 10.6 Å². The van der Waals surface area contributed by atoms with Gasteiger partial charge in [0.15, 0.2) is 0 Å². The smallest absolute Gasteiger partial charge is 0.220 e. The third-order valence-corrected chi connectivity index (χ3v) is 4.86. The van der Waals surface area contributed by atoms with E-state index in [9.17, 15) is 4.79 Å². The number of ether oxygens (including phenoxy) is 1. The highest BCUT2D eigenvalue weighted by Crippen LogP contribution is 2.22. The minimum atomic E-state index is 0. The first-order valence-corrected chi connectivity index (χ1v) is 8.31. The number of rotatable bonds is 6. The summed E-state index contributed by atoms with van der Waals surface area (Å²) in [5.74, 6) is 2.13. The van der Waals surface area contributed by atoms with E-state index in [1.165, 1.54) is 12.8 Å². The molecule has 0 aliphatic carbocycles. The molecule has 0 aromatic carbocycles. The highest BCUT2D eigenvalue weighted by Gasteiger charge is 2.22. The number of carbonyl (C=O) groups is 1. The Kier molecular flexibility index (Phi) is 9.29. The Hall–Kier alpha value is -0.320. The van der Waals surface area contributed by atoms with Gasteiger partial charge in [0.25, 0.3) is 0 Å². The number of hydrogen-bond donors (Lipinski definition) is 2. The third-order valence-electron chi connectivity index (χ3n) is 4.86. The van der Waals surface area contributed by atoms with E-state index in [1.807, 2.05) is 0 Å². The molecule has 0 saturated carbocycles. The molecular formula is C16H31ClN2O2. The molecule has 2 aliphatic heterocycles. The van der Waals surface area contributed by atoms with E-state index < -0.39 is 0 Å². The quantitative estimate of drug-likeness (QED) is 0.790. The average Bonchev–Trinajstić information content (AvgIpc) is 2.49. The largest absolute Gasteiger partial charge is 0.381 e. The third kappa shape index (κ3) is 6.98. The van der Waals surface area contributed by atoms with Crippen molar-refractivity contribution in [2.75, 3.05) is 32.8 Å². The van der Waals surface area contributed by atoms with Gasteiger partial charge in [-0.05, 0) is 62.9 Å². The fourth-order valence-electron chi connectivity index (χ4n) is 3.35. The first-order valence-electron chi connectivity index (χ1n) is 8.31. The highest BCUT2D eigenvalue weighted by atomic mass is 35.5. The second-order valence-corrected chi connectivity index (χ2v) is 6.48. The molecule has 2 saturated heterocycles. The Bertz CT molecular complexity index is 290. The molecule has 2 N–H and O–H groups in total. The van der Waals surface area contributed by atoms with E-state index in [0.717, 1.165) is 58.0 Å². The molecule has 4 nitrogen and oxygen atoms in total. The summed E-state index contributed by atoms with van der Waals surface area (Å²) in [6, 6.07) is 0. The molecule has 124 valence electrons. The Morgan fingerprint density at radius 1 is 1.33 bits per heavy atom. The van der Waals surface area contributed by atoms with Crippen LogP contribution >= 0.6 is 12.4 Å². The van der Waals surface area contributed by atoms with Gasteiger partial charge in [0, 0.05) is 26.2 Å². The van der Waals surface area contributed by atoms with Gasteiger partial charge in [-0.25, -0.2) is 0 Å². The summed E-state index contributed by atoms with van der Waals surface area (Å²) in [7, 11) is 0. The predicted molar refractivity (Wildman–Crippen MR) is 87.8 cm³/mol. The van der Waals surface area contributed by atoms with E-state index in [-0.39, 0.29) is 18.3 Å². The van der Waals surface area contributed by atoms with Gasteiger partial charge in [-0.1, -0.05) is 6.92 Å². The van der Waals surface area contributed by atoms with Crippen molar-refractivity contribution in [2.24, 2.45) is 17.8 Å². The van der Waals surface area contributed by atoms with Crippen molar-refractivity contribution < 1.29 is 9.53 Å². The van der Waals surface area contributed by atoms with Crippen molar-refractivity contribution in [3.05, 3.63) is 0 Å². The molecule has 21 heavy (non-hydrogen) atoms. The number of amides is 1. The van der Waals surface area contributed by atoms with Gasteiger partial charge < -0.3 is 15.4 Å². The summed E-state index contributed by atoms with van der Waals surface area (Å²) in [6.45, 7) is 7.06. The summed E-state index contributed by atoms with van der Waals surface area (Å²) in [4.78, 5) is 12.0. The molecule has 0 spiro atoms. The van der Waals surface area contributed by atoms with E-state index in [2.05, 4.69) is 17.6 Å². The Labute approximate surface area is 135 Å². The van der Waals surface area contributed by atoms with Crippen LogP contribution in [0.1, 0.15) is 45.4 Å². The molecule has 2 unspecified atom stereocenters. The fraction of sp³-hybridized carbons (Fsp3) is 0.938. The van der Waals surface area contributed by atoms with Crippen molar-refractivity contribution in [2.45, 2.75) is 45.4 Å². The number of carbonyl (C=O) groups excluding carboxylic acids is 1. The lowest BCUT2D eigenvalue weighted by molar-refractivity contribution is -0.122. The SMILES string of the molecule is CC(CC(=O)NCCC1CCOCC1)C1CCCNC1.Cl. The molecule has 2 aliphatic rings. The lowest BCUT2D eigenvalue weighted by atomic mass is 9.85. The van der Waals surface area contributed by atoms with E-state index in [1.54, 1.807) is 0 Å². The van der Waals surface area contributed by atoms with Crippen molar-refractivity contribution in [3.63, 3.8) is 0 Å². The molecule has 0 aromatic heterocycles. The van der Waals surface area contributed by atoms with Crippen LogP contribution in [0.4, 0.5) is 0 Å². The maximum absolute atomic E-state index is 12.0. The predicted octanol–water partition coefficient (Wildman–Crippen LogP) is 2.37. The van der Waals surface area contributed by atoms with Gasteiger partial charge in [-0.3, -0.25) is 4.79 Å². The Morgan fingerprint density at radius 2 is 2.10 bits per heavy atom. The molecule has 2 fully saturated rings. The van der Waals surface area contributed by atoms with Gasteiger partial charge in [0.2, 0.25) is 5.91 Å². The average molecular weight is 319 g/mol. The zero-order valence-corrected chi connectivity index (χ0v) is 14.1. The van der Waals surface area contributed by atoms with Crippen LogP contribution in [0.3, 0.4) is 0 Å². The maximum Gasteiger partial charge on any atom is 0.220 e. The molecule has 5 heteroatoms. The lowest BCUT2D eigenvalue weighted by Gasteiger charge is -2.28. The highest BCUT2D eigenvalue weighted by molar-refractivity contribution is 5.85. The Balaban J connectivity index is 0.00000220. The minimum Gasteiger partial charge on any atom is -0.381 e. The number of hydrogen-bond acceptors (Lipinski definition) is 3. The zero-order chi connectivity index (χ0) is 14.2. The van der Waals surface area contributed by atoms with Gasteiger partial charge >= 0.3 is 0 Å². The second-order valence-electron chi connectivity index (χ2n) is 6.48. The maximum atomic E-state index is 12.0. The van der Waals surface area contributed by atoms with Crippen LogP contribution in [-0.2, 0) is 9.53 Å². The number of piperidine rings is 1. The topological polar surface area (TPSA) is 50.4 Å². The van der Waals surface area contributed by atoms with Gasteiger partial charge in [0.1, 0.15) is 0 Å². The summed E-state index contributed by atoms with van der Waals surface area (Å²) >= 11 is 0. The molecule has 1 amide bonds. The lowest BCUT2D eigenvalue weighted by Crippen LogP contribution is -2.36. The van der Waals surface area contributed by atoms with E-state index in [0.29, 0.717) is 18.3 Å². The summed E-state index contributed by atoms with van der Waals surface area (Å²) in [5.41, 5.74) is 0.